The van der Waals surface area contributed by atoms with E-state index in [0.717, 1.165) is 0 Å². The van der Waals surface area contributed by atoms with Crippen molar-refractivity contribution in [2.24, 2.45) is 0 Å². The Hall–Kier alpha value is 1.07. The van der Waals surface area contributed by atoms with Gasteiger partial charge in [-0.1, -0.05) is 31.9 Å². The Labute approximate surface area is 77.3 Å². The van der Waals surface area contributed by atoms with Crippen LogP contribution in [0.5, 0.6) is 0 Å². The maximum absolute atomic E-state index is 9.85. The van der Waals surface area contributed by atoms with Crippen molar-refractivity contribution in [1.82, 2.24) is 0 Å². The molecule has 0 spiro atoms. The summed E-state index contributed by atoms with van der Waals surface area (Å²) >= 11 is 5.88. The quantitative estimate of drug-likeness (QED) is 0.578. The molecule has 0 aromatic heterocycles. The van der Waals surface area contributed by atoms with Gasteiger partial charge < -0.3 is 5.11 Å². The van der Waals surface area contributed by atoms with Gasteiger partial charge in [-0.05, 0) is 0 Å². The van der Waals surface area contributed by atoms with Crippen molar-refractivity contribution >= 4 is 57.6 Å². The second kappa shape index (κ2) is 6.19. The fraction of sp³-hybridized carbons (Fsp3) is 0.667. The van der Waals surface area contributed by atoms with E-state index in [1.807, 2.05) is 0 Å². The molecule has 8 heavy (non-hydrogen) atoms. The summed E-state index contributed by atoms with van der Waals surface area (Å²) in [5.74, 6) is -0.836. The van der Waals surface area contributed by atoms with E-state index in [2.05, 4.69) is 31.9 Å². The number of carboxylic acid groups (broad SMARTS) is 1. The molecule has 2 nitrogen and oxygen atoms in total. The Morgan fingerprint density at radius 1 is 1.75 bits per heavy atom. The van der Waals surface area contributed by atoms with Crippen LogP contribution < -0.4 is 0 Å². The van der Waals surface area contributed by atoms with Crippen LogP contribution in [-0.4, -0.2) is 41.0 Å². The molecule has 0 amide bonds. The Kier molecular flexibility index (Phi) is 9.14. The average molecular weight is 305 g/mol. The number of hydrogen-bond donors (Lipinski definition) is 1. The van der Waals surface area contributed by atoms with Gasteiger partial charge in [0, 0.05) is 5.33 Å². The minimum absolute atomic E-state index is 0. The third kappa shape index (κ3) is 5.21. The van der Waals surface area contributed by atoms with Crippen molar-refractivity contribution in [3.63, 3.8) is 0 Å². The van der Waals surface area contributed by atoms with Crippen molar-refractivity contribution in [2.75, 3.05) is 5.33 Å². The summed E-state index contributed by atoms with van der Waals surface area (Å²) in [7, 11) is 0. The number of aliphatic carboxylic acids is 1. The van der Waals surface area contributed by atoms with Crippen molar-refractivity contribution in [3.05, 3.63) is 0 Å². The monoisotopic (exact) mass is 302 g/mol. The second-order valence-electron chi connectivity index (χ2n) is 0.960. The van der Waals surface area contributed by atoms with Crippen molar-refractivity contribution < 1.29 is 9.90 Å². The first-order valence-corrected chi connectivity index (χ1v) is 3.65. The van der Waals surface area contributed by atoms with Gasteiger partial charge in [-0.2, -0.15) is 0 Å². The number of carboxylic acids is 1. The standard InChI is InChI=1S/C3H4Br2O2.Ga.3H/c4-1-2(5)3(6)7;;;;/h2H,1H2,(H,6,7);;;;. The van der Waals surface area contributed by atoms with E-state index in [-0.39, 0.29) is 19.8 Å². The van der Waals surface area contributed by atoms with Gasteiger partial charge in [-0.25, -0.2) is 0 Å². The molecule has 0 saturated carbocycles. The Bertz CT molecular complexity index is 77.7. The van der Waals surface area contributed by atoms with E-state index in [4.69, 9.17) is 5.11 Å². The topological polar surface area (TPSA) is 37.3 Å². The summed E-state index contributed by atoms with van der Waals surface area (Å²) in [4.78, 5) is 9.40. The molecule has 0 radical (unpaired) electrons. The molecule has 0 aromatic carbocycles. The molecule has 0 fully saturated rings. The van der Waals surface area contributed by atoms with Gasteiger partial charge in [0.05, 0.1) is 0 Å². The molecule has 0 aliphatic rings. The predicted octanol–water partition coefficient (Wildman–Crippen LogP) is 0.0455. The maximum atomic E-state index is 9.85. The average Bonchev–Trinajstić information content (AvgIpc) is 1.65. The zero-order chi connectivity index (χ0) is 5.86. The Morgan fingerprint density at radius 3 is 2.12 bits per heavy atom. The molecular formula is C3H7Br2GaO2. The van der Waals surface area contributed by atoms with Crippen LogP contribution in [-0.2, 0) is 4.79 Å². The first-order valence-electron chi connectivity index (χ1n) is 1.61. The third-order valence-electron chi connectivity index (χ3n) is 0.403. The number of halogens is 2. The molecule has 0 bridgehead atoms. The number of alkyl halides is 2. The number of hydrogen-bond acceptors (Lipinski definition) is 1. The molecule has 0 aliphatic heterocycles. The van der Waals surface area contributed by atoms with Crippen molar-refractivity contribution in [2.45, 2.75) is 4.83 Å². The molecule has 0 aromatic rings. The van der Waals surface area contributed by atoms with E-state index in [1.54, 1.807) is 0 Å². The van der Waals surface area contributed by atoms with Gasteiger partial charge in [-0.3, -0.25) is 4.79 Å². The normalized spacial score (nSPS) is 11.8. The summed E-state index contributed by atoms with van der Waals surface area (Å²) in [6, 6.07) is 0. The zero-order valence-electron chi connectivity index (χ0n) is 3.40. The van der Waals surface area contributed by atoms with Gasteiger partial charge >= 0.3 is 25.8 Å². The minimum atomic E-state index is -0.836. The number of carbonyl (C=O) groups is 1. The van der Waals surface area contributed by atoms with Gasteiger partial charge in [0.2, 0.25) is 0 Å². The fourth-order valence-electron chi connectivity index (χ4n) is 0.0660. The summed E-state index contributed by atoms with van der Waals surface area (Å²) < 4.78 is 0. The van der Waals surface area contributed by atoms with E-state index in [0.29, 0.717) is 5.33 Å². The molecule has 0 rings (SSSR count). The third-order valence-corrected chi connectivity index (χ3v) is 2.64. The Balaban J connectivity index is 0. The SMILES string of the molecule is O=C(O)C(Br)CBr.[GaH3]. The van der Waals surface area contributed by atoms with Gasteiger partial charge in [0.25, 0.3) is 0 Å². The van der Waals surface area contributed by atoms with Crippen LogP contribution >= 0.6 is 31.9 Å². The molecule has 1 unspecified atom stereocenters. The van der Waals surface area contributed by atoms with E-state index in [9.17, 15) is 4.79 Å². The van der Waals surface area contributed by atoms with Crippen molar-refractivity contribution in [1.29, 1.82) is 0 Å². The van der Waals surface area contributed by atoms with Crippen molar-refractivity contribution in [3.8, 4) is 0 Å². The summed E-state index contributed by atoms with van der Waals surface area (Å²) in [5.41, 5.74) is 0. The summed E-state index contributed by atoms with van der Waals surface area (Å²) in [5, 5.41) is 8.55. The van der Waals surface area contributed by atoms with E-state index >= 15 is 0 Å². The summed E-state index contributed by atoms with van der Waals surface area (Å²) in [6.45, 7) is 0. The number of rotatable bonds is 2. The molecule has 1 N–H and O–H groups in total. The van der Waals surface area contributed by atoms with Crippen LogP contribution in [0.2, 0.25) is 0 Å². The predicted molar refractivity (Wildman–Crippen MR) is 44.1 cm³/mol. The van der Waals surface area contributed by atoms with Crippen LogP contribution in [0, 0.1) is 0 Å². The van der Waals surface area contributed by atoms with Crippen LogP contribution in [0.15, 0.2) is 0 Å². The van der Waals surface area contributed by atoms with Crippen LogP contribution in [0.25, 0.3) is 0 Å². The second-order valence-corrected chi connectivity index (χ2v) is 2.71. The van der Waals surface area contributed by atoms with E-state index in [1.165, 1.54) is 0 Å². The summed E-state index contributed by atoms with van der Waals surface area (Å²) in [6.07, 6.45) is 0. The first kappa shape index (κ1) is 11.8. The molecule has 0 heterocycles. The van der Waals surface area contributed by atoms with Gasteiger partial charge in [0.15, 0.2) is 0 Å². The molecule has 48 valence electrons. The molecule has 0 aliphatic carbocycles. The van der Waals surface area contributed by atoms with Crippen LogP contribution in [0.1, 0.15) is 0 Å². The van der Waals surface area contributed by atoms with Gasteiger partial charge in [-0.15, -0.1) is 0 Å². The van der Waals surface area contributed by atoms with Gasteiger partial charge in [0.1, 0.15) is 4.83 Å². The zero-order valence-corrected chi connectivity index (χ0v) is 6.57. The molecular weight excluding hydrogens is 298 g/mol. The molecule has 1 atom stereocenters. The first-order chi connectivity index (χ1) is 3.18. The Morgan fingerprint density at radius 2 is 2.12 bits per heavy atom. The molecule has 5 heteroatoms. The van der Waals surface area contributed by atoms with Crippen LogP contribution in [0.3, 0.4) is 0 Å². The van der Waals surface area contributed by atoms with E-state index < -0.39 is 10.8 Å². The molecule has 0 saturated heterocycles. The fourth-order valence-corrected chi connectivity index (χ4v) is 0.343. The van der Waals surface area contributed by atoms with Crippen LogP contribution in [0.4, 0.5) is 0 Å².